The number of hydrogen-bond donors (Lipinski definition) is 0. The lowest BCUT2D eigenvalue weighted by Crippen LogP contribution is -2.09. The summed E-state index contributed by atoms with van der Waals surface area (Å²) in [5.74, 6) is -0.156. The van der Waals surface area contributed by atoms with Crippen molar-refractivity contribution in [3.05, 3.63) is 0 Å². The molecule has 1 rings (SSSR count). The Labute approximate surface area is 48.4 Å². The normalized spacial score (nSPS) is 28.0. The number of cyclic esters (lactones) is 1. The van der Waals surface area contributed by atoms with Gasteiger partial charge < -0.3 is 9.39 Å². The van der Waals surface area contributed by atoms with Gasteiger partial charge in [0, 0.05) is 0 Å². The lowest BCUT2D eigenvalue weighted by atomic mass is 10.3. The van der Waals surface area contributed by atoms with Crippen LogP contribution in [0.3, 0.4) is 0 Å². The Kier molecular flexibility index (Phi) is 1.53. The largest absolute Gasteiger partial charge is 0.463 e. The number of carbonyl (C=O) groups is 1. The molecule has 1 aliphatic heterocycles. The van der Waals surface area contributed by atoms with Crippen molar-refractivity contribution < 1.29 is 14.2 Å². The summed E-state index contributed by atoms with van der Waals surface area (Å²) in [6, 6.07) is 0. The summed E-state index contributed by atoms with van der Waals surface area (Å²) >= 11 is 0. The van der Waals surface area contributed by atoms with Crippen LogP contribution in [0.4, 0.5) is 0 Å². The molecule has 1 aliphatic rings. The maximum atomic E-state index is 10.3. The first-order valence-corrected chi connectivity index (χ1v) is 2.51. The highest BCUT2D eigenvalue weighted by Crippen LogP contribution is 2.07. The second-order valence-corrected chi connectivity index (χ2v) is 1.74. The summed E-state index contributed by atoms with van der Waals surface area (Å²) in [5, 5.41) is 0. The van der Waals surface area contributed by atoms with E-state index in [2.05, 4.69) is 4.74 Å². The monoisotopic (exact) mass is 114 g/mol. The summed E-state index contributed by atoms with van der Waals surface area (Å²) in [6.45, 7) is 0.426. The van der Waals surface area contributed by atoms with Crippen molar-refractivity contribution in [1.82, 2.24) is 0 Å². The summed E-state index contributed by atoms with van der Waals surface area (Å²) < 4.78 is 9.43. The van der Waals surface area contributed by atoms with Crippen LogP contribution in [0.1, 0.15) is 6.42 Å². The topological polar surface area (TPSA) is 35.5 Å². The Bertz CT molecular complexity index is 103. The molecule has 0 spiro atoms. The minimum Gasteiger partial charge on any atom is -0.463 e. The average molecular weight is 114 g/mol. The van der Waals surface area contributed by atoms with Crippen LogP contribution in [0.2, 0.25) is 0 Å². The summed E-state index contributed by atoms with van der Waals surface area (Å²) in [7, 11) is 1.58. The molecule has 0 aliphatic carbocycles. The molecular weight excluding hydrogens is 107 g/mol. The second-order valence-electron chi connectivity index (χ2n) is 1.74. The Balaban J connectivity index is 2.32. The van der Waals surface area contributed by atoms with E-state index < -0.39 is 0 Å². The fraction of sp³-hybridized carbons (Fsp3) is 0.750. The molecule has 1 fully saturated rings. The maximum absolute atomic E-state index is 10.3. The molecule has 0 aromatic heterocycles. The molecule has 0 saturated carbocycles. The van der Waals surface area contributed by atoms with E-state index in [4.69, 9.17) is 4.65 Å². The molecule has 0 unspecified atom stereocenters. The number of hydrogen-bond acceptors (Lipinski definition) is 3. The van der Waals surface area contributed by atoms with Crippen LogP contribution in [0, 0.1) is 0 Å². The minimum absolute atomic E-state index is 0.00231. The Hall–Kier alpha value is -0.505. The summed E-state index contributed by atoms with van der Waals surface area (Å²) in [5.41, 5.74) is 0. The number of esters is 1. The van der Waals surface area contributed by atoms with Crippen LogP contribution in [0.25, 0.3) is 0 Å². The molecule has 1 saturated heterocycles. The highest BCUT2D eigenvalue weighted by atomic mass is 16.6. The van der Waals surface area contributed by atoms with E-state index in [-0.39, 0.29) is 12.1 Å². The van der Waals surface area contributed by atoms with Gasteiger partial charge in [0.1, 0.15) is 6.61 Å². The van der Waals surface area contributed by atoms with Crippen molar-refractivity contribution in [1.29, 1.82) is 0 Å². The van der Waals surface area contributed by atoms with Crippen LogP contribution in [0.15, 0.2) is 0 Å². The second kappa shape index (κ2) is 2.18. The van der Waals surface area contributed by atoms with Gasteiger partial charge in [-0.2, -0.15) is 0 Å². The van der Waals surface area contributed by atoms with Crippen molar-refractivity contribution in [2.75, 3.05) is 6.61 Å². The van der Waals surface area contributed by atoms with E-state index in [1.54, 1.807) is 8.05 Å². The lowest BCUT2D eigenvalue weighted by molar-refractivity contribution is -0.137. The minimum atomic E-state index is -0.156. The van der Waals surface area contributed by atoms with Gasteiger partial charge in [-0.05, 0) is 0 Å². The zero-order valence-corrected chi connectivity index (χ0v) is 4.72. The Morgan fingerprint density at radius 1 is 1.88 bits per heavy atom. The van der Waals surface area contributed by atoms with Gasteiger partial charge in [-0.15, -0.1) is 0 Å². The molecule has 0 aromatic rings. The van der Waals surface area contributed by atoms with Crippen molar-refractivity contribution in [3.8, 4) is 0 Å². The molecule has 4 heteroatoms. The molecule has 0 amide bonds. The first-order valence-electron chi connectivity index (χ1n) is 2.51. The van der Waals surface area contributed by atoms with Gasteiger partial charge >= 0.3 is 5.97 Å². The first-order chi connectivity index (χ1) is 3.83. The predicted molar refractivity (Wildman–Crippen MR) is 29.0 cm³/mol. The maximum Gasteiger partial charge on any atom is 0.308 e. The molecule has 0 radical (unpaired) electrons. The Morgan fingerprint density at radius 2 is 2.62 bits per heavy atom. The molecule has 1 atom stereocenters. The van der Waals surface area contributed by atoms with E-state index in [1.165, 1.54) is 0 Å². The molecule has 3 nitrogen and oxygen atoms in total. The third-order valence-electron chi connectivity index (χ3n) is 1.16. The summed E-state index contributed by atoms with van der Waals surface area (Å²) in [6.07, 6.45) is 0.416. The van der Waals surface area contributed by atoms with E-state index in [0.29, 0.717) is 13.0 Å². The van der Waals surface area contributed by atoms with Crippen molar-refractivity contribution in [3.63, 3.8) is 0 Å². The molecule has 0 N–H and O–H groups in total. The van der Waals surface area contributed by atoms with E-state index >= 15 is 0 Å². The SMILES string of the molecule is BO[C@@H]1COC(=O)C1. The van der Waals surface area contributed by atoms with Crippen LogP contribution >= 0.6 is 0 Å². The summed E-state index contributed by atoms with van der Waals surface area (Å²) in [4.78, 5) is 10.3. The molecular formula is C4H7BO3. The quantitative estimate of drug-likeness (QED) is 0.319. The third-order valence-corrected chi connectivity index (χ3v) is 1.16. The number of rotatable bonds is 1. The first kappa shape index (κ1) is 5.63. The number of ether oxygens (including phenoxy) is 1. The molecule has 1 heterocycles. The van der Waals surface area contributed by atoms with Gasteiger partial charge in [-0.3, -0.25) is 4.79 Å². The zero-order valence-electron chi connectivity index (χ0n) is 4.72. The fourth-order valence-electron chi connectivity index (χ4n) is 0.641. The lowest BCUT2D eigenvalue weighted by Gasteiger charge is -1.99. The van der Waals surface area contributed by atoms with Crippen molar-refractivity contribution in [2.45, 2.75) is 12.5 Å². The smallest absolute Gasteiger partial charge is 0.308 e. The third kappa shape index (κ3) is 1.01. The van der Waals surface area contributed by atoms with Gasteiger partial charge in [0.05, 0.1) is 12.5 Å². The van der Waals surface area contributed by atoms with Crippen LogP contribution < -0.4 is 0 Å². The number of carbonyl (C=O) groups excluding carboxylic acids is 1. The van der Waals surface area contributed by atoms with Crippen molar-refractivity contribution >= 4 is 14.0 Å². The van der Waals surface area contributed by atoms with Crippen molar-refractivity contribution in [2.24, 2.45) is 0 Å². The molecule has 44 valence electrons. The van der Waals surface area contributed by atoms with Crippen LogP contribution in [-0.2, 0) is 14.2 Å². The highest BCUT2D eigenvalue weighted by Gasteiger charge is 2.21. The predicted octanol–water partition coefficient (Wildman–Crippen LogP) is -1.13. The average Bonchev–Trinajstić information content (AvgIpc) is 2.14. The molecule has 8 heavy (non-hydrogen) atoms. The van der Waals surface area contributed by atoms with E-state index in [1.807, 2.05) is 0 Å². The van der Waals surface area contributed by atoms with E-state index in [0.717, 1.165) is 0 Å². The van der Waals surface area contributed by atoms with E-state index in [9.17, 15) is 4.79 Å². The standard InChI is InChI=1S/C4H7BO3/c5-8-3-1-4(6)7-2-3/h3H,1-2,5H2/t3-/m0/s1. The molecule has 0 bridgehead atoms. The van der Waals surface area contributed by atoms with Gasteiger partial charge in [0.25, 0.3) is 8.05 Å². The zero-order chi connectivity index (χ0) is 5.98. The molecule has 0 aromatic carbocycles. The van der Waals surface area contributed by atoms with Crippen LogP contribution in [0.5, 0.6) is 0 Å². The Morgan fingerprint density at radius 3 is 2.88 bits per heavy atom. The fourth-order valence-corrected chi connectivity index (χ4v) is 0.641. The van der Waals surface area contributed by atoms with Gasteiger partial charge in [0.15, 0.2) is 0 Å². The van der Waals surface area contributed by atoms with Gasteiger partial charge in [-0.1, -0.05) is 0 Å². The highest BCUT2D eigenvalue weighted by molar-refractivity contribution is 5.98. The van der Waals surface area contributed by atoms with Gasteiger partial charge in [-0.25, -0.2) is 0 Å². The van der Waals surface area contributed by atoms with Gasteiger partial charge in [0.2, 0.25) is 0 Å². The van der Waals surface area contributed by atoms with Crippen LogP contribution in [-0.4, -0.2) is 26.7 Å².